The Morgan fingerprint density at radius 1 is 1.10 bits per heavy atom. The summed E-state index contributed by atoms with van der Waals surface area (Å²) in [7, 11) is 0. The van der Waals surface area contributed by atoms with Crippen molar-refractivity contribution in [1.82, 2.24) is 4.90 Å². The molecule has 0 spiro atoms. The van der Waals surface area contributed by atoms with Crippen molar-refractivity contribution in [2.45, 2.75) is 44.6 Å². The monoisotopic (exact) mass is 226 g/mol. The van der Waals surface area contributed by atoms with Crippen molar-refractivity contribution in [2.24, 2.45) is 0 Å². The van der Waals surface area contributed by atoms with Crippen LogP contribution in [0.5, 0.6) is 0 Å². The summed E-state index contributed by atoms with van der Waals surface area (Å²) in [5, 5.41) is 0. The summed E-state index contributed by atoms with van der Waals surface area (Å²) in [5.74, 6) is 0. The second kappa shape index (κ2) is 5.32. The van der Waals surface area contributed by atoms with Crippen molar-refractivity contribution in [3.63, 3.8) is 0 Å². The van der Waals surface area contributed by atoms with Gasteiger partial charge in [-0.25, -0.2) is 0 Å². The Kier molecular flexibility index (Phi) is 5.66. The summed E-state index contributed by atoms with van der Waals surface area (Å²) in [6.07, 6.45) is 0. The summed E-state index contributed by atoms with van der Waals surface area (Å²) in [6.45, 7) is 10.3. The molecule has 0 radical (unpaired) electrons. The van der Waals surface area contributed by atoms with Gasteiger partial charge >= 0.3 is 75.8 Å². The van der Waals surface area contributed by atoms with Gasteiger partial charge in [0.05, 0.1) is 0 Å². The molecule has 0 aromatic heterocycles. The quantitative estimate of drug-likeness (QED) is 0.661. The number of nitrogens with zero attached hydrogens (tertiary/aromatic N) is 1. The Labute approximate surface area is 76.1 Å². The standard InChI is InChI=1S/C8H18N.Mo/c1-6-9(7(2)3)8(4)5;/h7-8H,1,6H2,2-5H3;. The molecule has 0 aliphatic rings. The molecule has 0 aromatic carbocycles. The molecule has 61 valence electrons. The van der Waals surface area contributed by atoms with Crippen LogP contribution in [0.4, 0.5) is 0 Å². The van der Waals surface area contributed by atoms with E-state index in [9.17, 15) is 0 Å². The third kappa shape index (κ3) is 3.73. The minimum atomic E-state index is 0.696. The van der Waals surface area contributed by atoms with Crippen molar-refractivity contribution in [1.29, 1.82) is 0 Å². The molecule has 0 bridgehead atoms. The van der Waals surface area contributed by atoms with E-state index in [1.165, 1.54) is 11.4 Å². The van der Waals surface area contributed by atoms with Gasteiger partial charge in [0.2, 0.25) is 0 Å². The molecule has 10 heavy (non-hydrogen) atoms. The third-order valence-corrected chi connectivity index (χ3v) is 2.12. The van der Waals surface area contributed by atoms with Gasteiger partial charge in [-0.05, 0) is 0 Å². The summed E-state index contributed by atoms with van der Waals surface area (Å²) < 4.78 is 0. The summed E-state index contributed by atoms with van der Waals surface area (Å²) >= 11 is 2.17. The molecule has 0 atom stereocenters. The van der Waals surface area contributed by atoms with E-state index in [4.69, 9.17) is 0 Å². The Morgan fingerprint density at radius 3 is 1.60 bits per heavy atom. The maximum absolute atomic E-state index is 2.52. The Hall–Kier alpha value is 0.648. The van der Waals surface area contributed by atoms with Crippen LogP contribution in [0.25, 0.3) is 0 Å². The SMILES string of the molecule is CC(C)N(C[CH2][Mo])C(C)C. The molecule has 0 aliphatic carbocycles. The first-order valence-corrected chi connectivity index (χ1v) is 5.35. The van der Waals surface area contributed by atoms with Gasteiger partial charge < -0.3 is 0 Å². The van der Waals surface area contributed by atoms with Crippen LogP contribution in [-0.2, 0) is 19.8 Å². The third-order valence-electron chi connectivity index (χ3n) is 1.68. The van der Waals surface area contributed by atoms with Crippen molar-refractivity contribution in [2.75, 3.05) is 6.54 Å². The molecule has 0 saturated heterocycles. The Balaban J connectivity index is 3.73. The number of hydrogen-bond acceptors (Lipinski definition) is 1. The van der Waals surface area contributed by atoms with Crippen LogP contribution < -0.4 is 0 Å². The van der Waals surface area contributed by atoms with Crippen LogP contribution in [0, 0.1) is 0 Å². The number of rotatable bonds is 4. The zero-order valence-corrected chi connectivity index (χ0v) is 9.43. The molecule has 0 fully saturated rings. The average Bonchev–Trinajstić information content (AvgIpc) is 1.81. The summed E-state index contributed by atoms with van der Waals surface area (Å²) in [6, 6.07) is 1.39. The van der Waals surface area contributed by atoms with Crippen LogP contribution in [-0.4, -0.2) is 23.5 Å². The van der Waals surface area contributed by atoms with Gasteiger partial charge in [0, 0.05) is 0 Å². The van der Waals surface area contributed by atoms with Gasteiger partial charge in [0.1, 0.15) is 0 Å². The molecule has 1 nitrogen and oxygen atoms in total. The Bertz CT molecular complexity index is 73.3. The van der Waals surface area contributed by atoms with Crippen LogP contribution >= 0.6 is 0 Å². The van der Waals surface area contributed by atoms with Gasteiger partial charge in [-0.3, -0.25) is 0 Å². The predicted octanol–water partition coefficient (Wildman–Crippen LogP) is 2.07. The van der Waals surface area contributed by atoms with Crippen LogP contribution in [0.2, 0.25) is 4.81 Å². The first kappa shape index (κ1) is 10.6. The first-order valence-electron chi connectivity index (χ1n) is 3.93. The first-order chi connectivity index (χ1) is 4.59. The maximum atomic E-state index is 2.52. The molecule has 0 heterocycles. The molecule has 2 heteroatoms. The van der Waals surface area contributed by atoms with Gasteiger partial charge in [0.15, 0.2) is 0 Å². The van der Waals surface area contributed by atoms with Crippen molar-refractivity contribution < 1.29 is 19.8 Å². The van der Waals surface area contributed by atoms with Gasteiger partial charge in [-0.1, -0.05) is 0 Å². The second-order valence-electron chi connectivity index (χ2n) is 3.13. The van der Waals surface area contributed by atoms with E-state index in [-0.39, 0.29) is 0 Å². The predicted molar refractivity (Wildman–Crippen MR) is 41.8 cm³/mol. The molecule has 0 unspecified atom stereocenters. The Morgan fingerprint density at radius 2 is 1.50 bits per heavy atom. The molecule has 0 amide bonds. The van der Waals surface area contributed by atoms with E-state index < -0.39 is 0 Å². The van der Waals surface area contributed by atoms with Crippen molar-refractivity contribution >= 4 is 0 Å². The van der Waals surface area contributed by atoms with E-state index in [1.807, 2.05) is 0 Å². The van der Waals surface area contributed by atoms with Crippen LogP contribution in [0.3, 0.4) is 0 Å². The molecule has 0 aliphatic heterocycles. The van der Waals surface area contributed by atoms with Crippen LogP contribution in [0.1, 0.15) is 27.7 Å². The van der Waals surface area contributed by atoms with Crippen molar-refractivity contribution in [3.05, 3.63) is 0 Å². The topological polar surface area (TPSA) is 3.24 Å². The van der Waals surface area contributed by atoms with E-state index in [2.05, 4.69) is 52.4 Å². The second-order valence-corrected chi connectivity index (χ2v) is 4.13. The van der Waals surface area contributed by atoms with E-state index in [0.717, 1.165) is 0 Å². The molecule has 0 rings (SSSR count). The number of hydrogen-bond donors (Lipinski definition) is 0. The molecular weight excluding hydrogens is 206 g/mol. The van der Waals surface area contributed by atoms with E-state index in [0.29, 0.717) is 12.1 Å². The zero-order chi connectivity index (χ0) is 8.15. The zero-order valence-electron chi connectivity index (χ0n) is 7.42. The normalized spacial score (nSPS) is 11.9. The van der Waals surface area contributed by atoms with Gasteiger partial charge in [-0.2, -0.15) is 0 Å². The van der Waals surface area contributed by atoms with Gasteiger partial charge in [-0.15, -0.1) is 0 Å². The van der Waals surface area contributed by atoms with Gasteiger partial charge in [0.25, 0.3) is 0 Å². The molecule has 0 N–H and O–H groups in total. The summed E-state index contributed by atoms with van der Waals surface area (Å²) in [4.78, 5) is 3.79. The fourth-order valence-electron chi connectivity index (χ4n) is 1.22. The molecule has 0 saturated carbocycles. The average molecular weight is 224 g/mol. The fraction of sp³-hybridized carbons (Fsp3) is 1.00. The van der Waals surface area contributed by atoms with E-state index in [1.54, 1.807) is 0 Å². The van der Waals surface area contributed by atoms with Crippen LogP contribution in [0.15, 0.2) is 0 Å². The summed E-state index contributed by atoms with van der Waals surface area (Å²) in [5.41, 5.74) is 0. The minimum absolute atomic E-state index is 0.696. The molecular formula is C8H18MoN. The fourth-order valence-corrected chi connectivity index (χ4v) is 1.74. The van der Waals surface area contributed by atoms with E-state index >= 15 is 0 Å². The molecule has 0 aromatic rings. The van der Waals surface area contributed by atoms with Crippen molar-refractivity contribution in [3.8, 4) is 0 Å².